The summed E-state index contributed by atoms with van der Waals surface area (Å²) in [4.78, 5) is 26.3. The lowest BCUT2D eigenvalue weighted by molar-refractivity contribution is -0.141. The summed E-state index contributed by atoms with van der Waals surface area (Å²) in [5, 5.41) is 7.54. The van der Waals surface area contributed by atoms with E-state index in [9.17, 15) is 9.59 Å². The van der Waals surface area contributed by atoms with Crippen LogP contribution in [0.5, 0.6) is 5.88 Å². The molecular formula is C23H20N4O4. The van der Waals surface area contributed by atoms with Crippen LogP contribution in [0.3, 0.4) is 0 Å². The van der Waals surface area contributed by atoms with E-state index < -0.39 is 11.4 Å². The van der Waals surface area contributed by atoms with Crippen LogP contribution < -0.4 is 15.8 Å². The van der Waals surface area contributed by atoms with Gasteiger partial charge in [0, 0.05) is 11.3 Å². The van der Waals surface area contributed by atoms with Crippen LogP contribution in [0.4, 0.5) is 5.69 Å². The molecule has 0 aliphatic carbocycles. The molecule has 8 nitrogen and oxygen atoms in total. The molecule has 3 N–H and O–H groups in total. The van der Waals surface area contributed by atoms with E-state index in [2.05, 4.69) is 10.4 Å². The van der Waals surface area contributed by atoms with Crippen molar-refractivity contribution >= 4 is 17.6 Å². The van der Waals surface area contributed by atoms with E-state index >= 15 is 0 Å². The van der Waals surface area contributed by atoms with Gasteiger partial charge >= 0.3 is 5.97 Å². The molecule has 1 aromatic heterocycles. The van der Waals surface area contributed by atoms with E-state index in [0.717, 1.165) is 5.69 Å². The Morgan fingerprint density at radius 1 is 1.19 bits per heavy atom. The van der Waals surface area contributed by atoms with Crippen molar-refractivity contribution in [3.05, 3.63) is 82.9 Å². The normalized spacial score (nSPS) is 19.0. The number of benzene rings is 2. The Kier molecular flexibility index (Phi) is 4.11. The van der Waals surface area contributed by atoms with Crippen molar-refractivity contribution < 1.29 is 19.1 Å². The lowest BCUT2D eigenvalue weighted by atomic mass is 9.71. The van der Waals surface area contributed by atoms with Gasteiger partial charge in [-0.25, -0.2) is 9.48 Å². The van der Waals surface area contributed by atoms with E-state index in [1.54, 1.807) is 24.6 Å². The Bertz CT molecular complexity index is 1260. The lowest BCUT2D eigenvalue weighted by Crippen LogP contribution is -2.46. The fourth-order valence-electron chi connectivity index (χ4n) is 4.35. The molecule has 2 aromatic carbocycles. The van der Waals surface area contributed by atoms with Crippen LogP contribution in [0.25, 0.3) is 5.69 Å². The molecule has 2 aliphatic heterocycles. The van der Waals surface area contributed by atoms with E-state index in [1.807, 2.05) is 48.5 Å². The highest BCUT2D eigenvalue weighted by Gasteiger charge is 2.58. The number of carbonyl (C=O) groups excluding carboxylic acids is 2. The molecule has 156 valence electrons. The van der Waals surface area contributed by atoms with Crippen LogP contribution in [0.15, 0.2) is 66.1 Å². The topological polar surface area (TPSA) is 108 Å². The Morgan fingerprint density at radius 2 is 1.90 bits per heavy atom. The van der Waals surface area contributed by atoms with Crippen molar-refractivity contribution in [2.45, 2.75) is 19.3 Å². The number of amides is 1. The molecule has 0 saturated heterocycles. The summed E-state index contributed by atoms with van der Waals surface area (Å²) in [5.41, 5.74) is 8.12. The third-order valence-electron chi connectivity index (χ3n) is 5.62. The van der Waals surface area contributed by atoms with Crippen molar-refractivity contribution in [2.24, 2.45) is 5.73 Å². The minimum absolute atomic E-state index is 0.0170. The number of carbonyl (C=O) groups is 2. The van der Waals surface area contributed by atoms with Crippen LogP contribution in [0.1, 0.15) is 23.7 Å². The highest BCUT2D eigenvalue weighted by molar-refractivity contribution is 6.13. The summed E-state index contributed by atoms with van der Waals surface area (Å²) in [5.74, 6) is -1.06. The molecule has 0 unspecified atom stereocenters. The number of fused-ring (bicyclic) bond motifs is 4. The maximum atomic E-state index is 13.5. The zero-order valence-electron chi connectivity index (χ0n) is 17.0. The number of aromatic nitrogens is 2. The van der Waals surface area contributed by atoms with Gasteiger partial charge in [-0.1, -0.05) is 36.4 Å². The Labute approximate surface area is 178 Å². The molecule has 1 atom stereocenters. The molecule has 0 radical (unpaired) electrons. The summed E-state index contributed by atoms with van der Waals surface area (Å²) in [6.45, 7) is 3.62. The van der Waals surface area contributed by atoms with Crippen molar-refractivity contribution in [1.82, 2.24) is 9.78 Å². The number of para-hydroxylation sites is 2. The number of rotatable bonds is 3. The number of nitrogens with two attached hydrogens (primary N) is 1. The van der Waals surface area contributed by atoms with E-state index in [1.165, 1.54) is 0 Å². The van der Waals surface area contributed by atoms with Gasteiger partial charge < -0.3 is 20.5 Å². The predicted octanol–water partition coefficient (Wildman–Crippen LogP) is 2.54. The predicted molar refractivity (Wildman–Crippen MR) is 113 cm³/mol. The van der Waals surface area contributed by atoms with Crippen molar-refractivity contribution in [2.75, 3.05) is 11.9 Å². The molecule has 0 saturated carbocycles. The SMILES string of the molecule is CCOC(=O)C1=C(N)[C@]2(C(=O)Nc3ccccc32)c2c(C)nn(-c3ccccc3)c2O1. The first-order valence-electron chi connectivity index (χ1n) is 9.91. The molecule has 8 heteroatoms. The molecule has 5 rings (SSSR count). The Hall–Kier alpha value is -4.07. The third kappa shape index (κ3) is 2.44. The molecule has 1 amide bonds. The van der Waals surface area contributed by atoms with E-state index in [-0.39, 0.29) is 29.9 Å². The van der Waals surface area contributed by atoms with Crippen LogP contribution in [0, 0.1) is 6.92 Å². The molecule has 2 aliphatic rings. The minimum Gasteiger partial charge on any atom is -0.460 e. The van der Waals surface area contributed by atoms with Crippen molar-refractivity contribution in [3.63, 3.8) is 0 Å². The van der Waals surface area contributed by atoms with E-state index in [0.29, 0.717) is 22.5 Å². The molecule has 0 fully saturated rings. The highest BCUT2D eigenvalue weighted by Crippen LogP contribution is 2.53. The quantitative estimate of drug-likeness (QED) is 0.635. The smallest absolute Gasteiger partial charge is 0.376 e. The minimum atomic E-state index is -1.45. The second-order valence-corrected chi connectivity index (χ2v) is 7.33. The number of hydrogen-bond donors (Lipinski definition) is 2. The average Bonchev–Trinajstić information content (AvgIpc) is 3.26. The molecule has 1 spiro atoms. The third-order valence-corrected chi connectivity index (χ3v) is 5.62. The van der Waals surface area contributed by atoms with Gasteiger partial charge in [0.25, 0.3) is 0 Å². The summed E-state index contributed by atoms with van der Waals surface area (Å²) in [6.07, 6.45) is 0. The van der Waals surface area contributed by atoms with Crippen LogP contribution >= 0.6 is 0 Å². The molecule has 31 heavy (non-hydrogen) atoms. The van der Waals surface area contributed by atoms with Crippen LogP contribution in [-0.4, -0.2) is 28.3 Å². The Morgan fingerprint density at radius 3 is 2.65 bits per heavy atom. The number of aryl methyl sites for hydroxylation is 1. The number of anilines is 1. The number of hydrogen-bond acceptors (Lipinski definition) is 6. The zero-order valence-corrected chi connectivity index (χ0v) is 17.0. The first kappa shape index (κ1) is 18.9. The average molecular weight is 416 g/mol. The molecule has 0 bridgehead atoms. The first-order valence-corrected chi connectivity index (χ1v) is 9.91. The van der Waals surface area contributed by atoms with Crippen LogP contribution in [0.2, 0.25) is 0 Å². The van der Waals surface area contributed by atoms with Gasteiger partial charge in [0.05, 0.1) is 29.2 Å². The number of esters is 1. The van der Waals surface area contributed by atoms with Gasteiger partial charge in [-0.05, 0) is 32.0 Å². The maximum Gasteiger partial charge on any atom is 0.376 e. The van der Waals surface area contributed by atoms with Gasteiger partial charge in [-0.3, -0.25) is 4.79 Å². The largest absolute Gasteiger partial charge is 0.460 e. The maximum absolute atomic E-state index is 13.5. The number of nitrogens with zero attached hydrogens (tertiary/aromatic N) is 2. The zero-order chi connectivity index (χ0) is 21.8. The molecular weight excluding hydrogens is 396 g/mol. The van der Waals surface area contributed by atoms with Crippen LogP contribution in [-0.2, 0) is 19.7 Å². The second kappa shape index (κ2) is 6.73. The van der Waals surface area contributed by atoms with Gasteiger partial charge in [0.2, 0.25) is 17.5 Å². The lowest BCUT2D eigenvalue weighted by Gasteiger charge is -2.33. The Balaban J connectivity index is 1.86. The second-order valence-electron chi connectivity index (χ2n) is 7.33. The summed E-state index contributed by atoms with van der Waals surface area (Å²) in [7, 11) is 0. The molecule has 3 heterocycles. The molecule has 3 aromatic rings. The first-order chi connectivity index (χ1) is 15.0. The monoisotopic (exact) mass is 416 g/mol. The summed E-state index contributed by atoms with van der Waals surface area (Å²) in [6, 6.07) is 16.6. The van der Waals surface area contributed by atoms with Crippen molar-refractivity contribution in [1.29, 1.82) is 0 Å². The number of ether oxygens (including phenoxy) is 2. The summed E-state index contributed by atoms with van der Waals surface area (Å²) >= 11 is 0. The standard InChI is InChI=1S/C23H20N4O4/c1-3-30-21(28)18-19(24)23(15-11-7-8-12-16(15)25-22(23)29)17-13(2)26-27(20(17)31-18)14-9-5-4-6-10-14/h4-12H,3,24H2,1-2H3,(H,25,29)/t23-/m1/s1. The van der Waals surface area contributed by atoms with Crippen molar-refractivity contribution in [3.8, 4) is 11.6 Å². The fraction of sp³-hybridized carbons (Fsp3) is 0.174. The highest BCUT2D eigenvalue weighted by atomic mass is 16.6. The van der Waals surface area contributed by atoms with Gasteiger partial charge in [0.1, 0.15) is 0 Å². The van der Waals surface area contributed by atoms with Gasteiger partial charge in [0.15, 0.2) is 5.41 Å². The fourth-order valence-corrected chi connectivity index (χ4v) is 4.35. The van der Waals surface area contributed by atoms with Gasteiger partial charge in [-0.15, -0.1) is 0 Å². The van der Waals surface area contributed by atoms with E-state index in [4.69, 9.17) is 15.2 Å². The number of nitrogens with one attached hydrogen (secondary N) is 1. The van der Waals surface area contributed by atoms with Gasteiger partial charge in [-0.2, -0.15) is 5.10 Å². The summed E-state index contributed by atoms with van der Waals surface area (Å²) < 4.78 is 12.8.